The number of aliphatic hydroxyl groups is 1. The normalized spacial score (nSPS) is 14.0. The van der Waals surface area contributed by atoms with Gasteiger partial charge in [0.05, 0.1) is 12.1 Å². The third-order valence-electron chi connectivity index (χ3n) is 3.79. The van der Waals surface area contributed by atoms with E-state index >= 15 is 0 Å². The minimum Gasteiger partial charge on any atom is -0.387 e. The van der Waals surface area contributed by atoms with Crippen LogP contribution in [0.15, 0.2) is 35.8 Å². The van der Waals surface area contributed by atoms with Gasteiger partial charge < -0.3 is 15.7 Å². The molecule has 2 aromatic rings. The van der Waals surface area contributed by atoms with Gasteiger partial charge in [0.25, 0.3) is 0 Å². The summed E-state index contributed by atoms with van der Waals surface area (Å²) in [5.74, 6) is 0. The molecule has 24 heavy (non-hydrogen) atoms. The first-order valence-electron chi connectivity index (χ1n) is 7.99. The standard InChI is InChI=1S/C18H25N3O2S/c1-12(16-19-9-10-24-16)21-17(23)20-11-15(22)13-5-7-14(8-6-13)18(2,3)4/h5-10,12,15,22H,11H2,1-4H3,(H2,20,21,23). The Bertz CT molecular complexity index is 648. The van der Waals surface area contributed by atoms with E-state index in [-0.39, 0.29) is 24.0 Å². The molecule has 2 rings (SSSR count). The topological polar surface area (TPSA) is 74.2 Å². The van der Waals surface area contributed by atoms with Crippen LogP contribution >= 0.6 is 11.3 Å². The first kappa shape index (κ1) is 18.4. The second kappa shape index (κ2) is 7.77. The molecule has 0 aliphatic heterocycles. The van der Waals surface area contributed by atoms with Crippen LogP contribution in [0.2, 0.25) is 0 Å². The first-order chi connectivity index (χ1) is 11.3. The van der Waals surface area contributed by atoms with Gasteiger partial charge in [-0.15, -0.1) is 11.3 Å². The molecule has 0 aliphatic carbocycles. The molecular formula is C18H25N3O2S. The van der Waals surface area contributed by atoms with Gasteiger partial charge >= 0.3 is 6.03 Å². The highest BCUT2D eigenvalue weighted by atomic mass is 32.1. The number of nitrogens with one attached hydrogen (secondary N) is 2. The van der Waals surface area contributed by atoms with Crippen molar-refractivity contribution >= 4 is 17.4 Å². The summed E-state index contributed by atoms with van der Waals surface area (Å²) in [5.41, 5.74) is 2.07. The highest BCUT2D eigenvalue weighted by molar-refractivity contribution is 7.09. The maximum absolute atomic E-state index is 11.9. The van der Waals surface area contributed by atoms with Gasteiger partial charge in [0.2, 0.25) is 0 Å². The van der Waals surface area contributed by atoms with Crippen LogP contribution in [-0.4, -0.2) is 22.7 Å². The zero-order valence-electron chi connectivity index (χ0n) is 14.5. The number of rotatable bonds is 5. The van der Waals surface area contributed by atoms with Crippen LogP contribution in [0.25, 0.3) is 0 Å². The van der Waals surface area contributed by atoms with E-state index in [0.29, 0.717) is 0 Å². The van der Waals surface area contributed by atoms with Crippen LogP contribution < -0.4 is 10.6 Å². The van der Waals surface area contributed by atoms with Crippen molar-refractivity contribution < 1.29 is 9.90 Å². The second-order valence-electron chi connectivity index (χ2n) is 6.83. The molecule has 0 bridgehead atoms. The summed E-state index contributed by atoms with van der Waals surface area (Å²) in [6, 6.07) is 7.37. The molecule has 0 radical (unpaired) electrons. The predicted octanol–water partition coefficient (Wildman–Crippen LogP) is 3.53. The SMILES string of the molecule is CC(NC(=O)NCC(O)c1ccc(C(C)(C)C)cc1)c1nccs1. The van der Waals surface area contributed by atoms with Crippen molar-refractivity contribution in [3.05, 3.63) is 52.0 Å². The highest BCUT2D eigenvalue weighted by Gasteiger charge is 2.16. The molecule has 1 aromatic heterocycles. The molecule has 2 atom stereocenters. The van der Waals surface area contributed by atoms with Gasteiger partial charge in [0.15, 0.2) is 0 Å². The highest BCUT2D eigenvalue weighted by Crippen LogP contribution is 2.23. The number of benzene rings is 1. The Labute approximate surface area is 147 Å². The molecule has 0 spiro atoms. The monoisotopic (exact) mass is 347 g/mol. The Balaban J connectivity index is 1.84. The number of aromatic nitrogens is 1. The van der Waals surface area contributed by atoms with E-state index in [1.807, 2.05) is 36.6 Å². The number of amides is 2. The Morgan fingerprint density at radius 1 is 1.29 bits per heavy atom. The minimum atomic E-state index is -0.736. The zero-order chi connectivity index (χ0) is 17.7. The molecule has 6 heteroatoms. The third kappa shape index (κ3) is 5.04. The lowest BCUT2D eigenvalue weighted by Crippen LogP contribution is -2.39. The van der Waals surface area contributed by atoms with Crippen molar-refractivity contribution in [3.8, 4) is 0 Å². The van der Waals surface area contributed by atoms with Gasteiger partial charge in [0.1, 0.15) is 5.01 Å². The van der Waals surface area contributed by atoms with Crippen LogP contribution in [0.4, 0.5) is 4.79 Å². The van der Waals surface area contributed by atoms with Crippen LogP contribution in [0.1, 0.15) is 56.0 Å². The Morgan fingerprint density at radius 2 is 1.96 bits per heavy atom. The number of nitrogens with zero attached hydrogens (tertiary/aromatic N) is 1. The van der Waals surface area contributed by atoms with E-state index in [1.54, 1.807) is 6.20 Å². The summed E-state index contributed by atoms with van der Waals surface area (Å²) in [4.78, 5) is 16.1. The summed E-state index contributed by atoms with van der Waals surface area (Å²) < 4.78 is 0. The molecule has 0 aliphatic rings. The van der Waals surface area contributed by atoms with E-state index in [1.165, 1.54) is 16.9 Å². The van der Waals surface area contributed by atoms with Crippen LogP contribution in [0, 0.1) is 0 Å². The lowest BCUT2D eigenvalue weighted by molar-refractivity contribution is 0.172. The second-order valence-corrected chi connectivity index (χ2v) is 7.76. The van der Waals surface area contributed by atoms with Crippen molar-refractivity contribution in [2.45, 2.75) is 45.3 Å². The molecule has 2 unspecified atom stereocenters. The summed E-state index contributed by atoms with van der Waals surface area (Å²) in [6.45, 7) is 8.47. The molecule has 0 saturated heterocycles. The maximum atomic E-state index is 11.9. The van der Waals surface area contributed by atoms with Crippen molar-refractivity contribution in [2.24, 2.45) is 0 Å². The van der Waals surface area contributed by atoms with Crippen LogP contribution in [0.3, 0.4) is 0 Å². The number of carbonyl (C=O) groups excluding carboxylic acids is 1. The van der Waals surface area contributed by atoms with E-state index in [2.05, 4.69) is 36.4 Å². The molecule has 0 saturated carbocycles. The average Bonchev–Trinajstić information content (AvgIpc) is 3.06. The Kier molecular flexibility index (Phi) is 5.96. The largest absolute Gasteiger partial charge is 0.387 e. The number of aliphatic hydroxyl groups excluding tert-OH is 1. The van der Waals surface area contributed by atoms with E-state index < -0.39 is 6.10 Å². The van der Waals surface area contributed by atoms with Gasteiger partial charge in [-0.25, -0.2) is 9.78 Å². The molecule has 1 heterocycles. The number of thiazole rings is 1. The van der Waals surface area contributed by atoms with Gasteiger partial charge in [-0.3, -0.25) is 0 Å². The zero-order valence-corrected chi connectivity index (χ0v) is 15.4. The first-order valence-corrected chi connectivity index (χ1v) is 8.87. The molecule has 1 aromatic carbocycles. The number of carbonyl (C=O) groups is 1. The predicted molar refractivity (Wildman–Crippen MR) is 97.2 cm³/mol. The number of hydrogen-bond donors (Lipinski definition) is 3. The molecular weight excluding hydrogens is 322 g/mol. The van der Waals surface area contributed by atoms with Gasteiger partial charge in [-0.1, -0.05) is 45.0 Å². The summed E-state index contributed by atoms with van der Waals surface area (Å²) >= 11 is 1.49. The average molecular weight is 347 g/mol. The van der Waals surface area contributed by atoms with Crippen molar-refractivity contribution in [3.63, 3.8) is 0 Å². The van der Waals surface area contributed by atoms with E-state index in [0.717, 1.165) is 10.6 Å². The van der Waals surface area contributed by atoms with E-state index in [4.69, 9.17) is 0 Å². The molecule has 0 fully saturated rings. The fourth-order valence-corrected chi connectivity index (χ4v) is 2.92. The van der Waals surface area contributed by atoms with Gasteiger partial charge in [-0.2, -0.15) is 0 Å². The smallest absolute Gasteiger partial charge is 0.315 e. The van der Waals surface area contributed by atoms with Crippen molar-refractivity contribution in [2.75, 3.05) is 6.54 Å². The van der Waals surface area contributed by atoms with Crippen LogP contribution in [-0.2, 0) is 5.41 Å². The fraction of sp³-hybridized carbons (Fsp3) is 0.444. The summed E-state index contributed by atoms with van der Waals surface area (Å²) in [6.07, 6.45) is 0.973. The summed E-state index contributed by atoms with van der Waals surface area (Å²) in [5, 5.41) is 18.5. The van der Waals surface area contributed by atoms with Crippen molar-refractivity contribution in [1.29, 1.82) is 0 Å². The number of urea groups is 1. The van der Waals surface area contributed by atoms with Gasteiger partial charge in [0, 0.05) is 18.1 Å². The third-order valence-corrected chi connectivity index (χ3v) is 4.75. The Morgan fingerprint density at radius 3 is 2.50 bits per heavy atom. The lowest BCUT2D eigenvalue weighted by Gasteiger charge is -2.20. The van der Waals surface area contributed by atoms with Crippen LogP contribution in [0.5, 0.6) is 0 Å². The molecule has 130 valence electrons. The van der Waals surface area contributed by atoms with E-state index in [9.17, 15) is 9.90 Å². The lowest BCUT2D eigenvalue weighted by atomic mass is 9.86. The van der Waals surface area contributed by atoms with Crippen molar-refractivity contribution in [1.82, 2.24) is 15.6 Å². The molecule has 3 N–H and O–H groups in total. The quantitative estimate of drug-likeness (QED) is 0.774. The molecule has 5 nitrogen and oxygen atoms in total. The summed E-state index contributed by atoms with van der Waals surface area (Å²) in [7, 11) is 0. The maximum Gasteiger partial charge on any atom is 0.315 e. The van der Waals surface area contributed by atoms with Gasteiger partial charge in [-0.05, 0) is 23.5 Å². The minimum absolute atomic E-state index is 0.0770. The molecule has 2 amide bonds. The fourth-order valence-electron chi connectivity index (χ4n) is 2.27. The Hall–Kier alpha value is -1.92. The number of hydrogen-bond acceptors (Lipinski definition) is 4.